The lowest BCUT2D eigenvalue weighted by molar-refractivity contribution is 1.31. The number of pyridine rings is 1. The predicted octanol–water partition coefficient (Wildman–Crippen LogP) is 2.66. The summed E-state index contributed by atoms with van der Waals surface area (Å²) >= 11 is 8.77. The first-order valence-corrected chi connectivity index (χ1v) is 3.22. The third-order valence-electron chi connectivity index (χ3n) is 0.672. The van der Waals surface area contributed by atoms with E-state index in [4.69, 9.17) is 11.6 Å². The van der Waals surface area contributed by atoms with E-state index in [1.165, 1.54) is 0 Å². The topological polar surface area (TPSA) is 47.9 Å². The minimum absolute atomic E-state index is 0. The average molecular weight is 209 g/mol. The molecule has 0 aromatic carbocycles. The first-order valence-electron chi connectivity index (χ1n) is 2.05. The van der Waals surface area contributed by atoms with E-state index in [-0.39, 0.29) is 6.15 Å². The van der Waals surface area contributed by atoms with E-state index in [0.717, 1.165) is 4.47 Å². The molecule has 1 aromatic rings. The van der Waals surface area contributed by atoms with Crippen molar-refractivity contribution in [3.63, 3.8) is 0 Å². The highest BCUT2D eigenvalue weighted by Crippen LogP contribution is 2.12. The van der Waals surface area contributed by atoms with Gasteiger partial charge in [0.2, 0.25) is 0 Å². The molecule has 9 heavy (non-hydrogen) atoms. The van der Waals surface area contributed by atoms with Crippen LogP contribution in [0.3, 0.4) is 0 Å². The van der Waals surface area contributed by atoms with E-state index in [1.54, 1.807) is 18.5 Å². The van der Waals surface area contributed by atoms with E-state index in [1.807, 2.05) is 0 Å². The third kappa shape index (κ3) is 2.79. The van der Waals surface area contributed by atoms with Crippen LogP contribution in [0.2, 0.25) is 5.02 Å². The lowest BCUT2D eigenvalue weighted by Crippen LogP contribution is -1.68. The van der Waals surface area contributed by atoms with Gasteiger partial charge in [-0.3, -0.25) is 4.98 Å². The fourth-order valence-corrected chi connectivity index (χ4v) is 1.06. The van der Waals surface area contributed by atoms with Crippen molar-refractivity contribution in [3.05, 3.63) is 28.0 Å². The van der Waals surface area contributed by atoms with Crippen LogP contribution in [-0.2, 0) is 0 Å². The standard InChI is InChI=1S/C5H3BrClN.H3N/c6-4-1-5(7)3-8-2-4;/h1-3H;1H3. The van der Waals surface area contributed by atoms with Crippen LogP contribution in [0.25, 0.3) is 0 Å². The first kappa shape index (κ1) is 8.88. The van der Waals surface area contributed by atoms with Crippen molar-refractivity contribution in [1.82, 2.24) is 11.1 Å². The van der Waals surface area contributed by atoms with Crippen LogP contribution in [0.4, 0.5) is 0 Å². The van der Waals surface area contributed by atoms with Gasteiger partial charge in [0.05, 0.1) is 5.02 Å². The molecule has 0 radical (unpaired) electrons. The molecule has 1 rings (SSSR count). The summed E-state index contributed by atoms with van der Waals surface area (Å²) in [4.78, 5) is 3.80. The average Bonchev–Trinajstić information content (AvgIpc) is 1.64. The molecule has 1 aromatic heterocycles. The Kier molecular flexibility index (Phi) is 3.77. The zero-order chi connectivity index (χ0) is 5.98. The van der Waals surface area contributed by atoms with Crippen molar-refractivity contribution in [3.8, 4) is 0 Å². The van der Waals surface area contributed by atoms with Gasteiger partial charge in [-0.25, -0.2) is 0 Å². The van der Waals surface area contributed by atoms with Gasteiger partial charge >= 0.3 is 0 Å². The largest absolute Gasteiger partial charge is 0.344 e. The summed E-state index contributed by atoms with van der Waals surface area (Å²) in [5.74, 6) is 0. The van der Waals surface area contributed by atoms with E-state index in [2.05, 4.69) is 20.9 Å². The smallest absolute Gasteiger partial charge is 0.0600 e. The molecule has 0 fully saturated rings. The van der Waals surface area contributed by atoms with Gasteiger partial charge in [-0.1, -0.05) is 11.6 Å². The van der Waals surface area contributed by atoms with Crippen LogP contribution in [0.15, 0.2) is 22.9 Å². The van der Waals surface area contributed by atoms with Gasteiger partial charge in [-0.2, -0.15) is 0 Å². The molecule has 50 valence electrons. The summed E-state index contributed by atoms with van der Waals surface area (Å²) in [5.41, 5.74) is 0. The first-order chi connectivity index (χ1) is 3.79. The molecule has 0 atom stereocenters. The van der Waals surface area contributed by atoms with Crippen LogP contribution in [0.1, 0.15) is 0 Å². The normalized spacial score (nSPS) is 8.22. The molecule has 0 spiro atoms. The van der Waals surface area contributed by atoms with Gasteiger partial charge in [0.15, 0.2) is 0 Å². The molecule has 0 aliphatic carbocycles. The van der Waals surface area contributed by atoms with Crippen LogP contribution in [-0.4, -0.2) is 4.98 Å². The number of hydrogen-bond acceptors (Lipinski definition) is 2. The van der Waals surface area contributed by atoms with Gasteiger partial charge in [0.25, 0.3) is 0 Å². The Balaban J connectivity index is 0.000000640. The second kappa shape index (κ2) is 3.82. The fourth-order valence-electron chi connectivity index (χ4n) is 0.386. The molecule has 0 amide bonds. The number of hydrogen-bond donors (Lipinski definition) is 1. The molecule has 3 N–H and O–H groups in total. The summed E-state index contributed by atoms with van der Waals surface area (Å²) in [7, 11) is 0. The highest BCUT2D eigenvalue weighted by Gasteiger charge is 1.85. The van der Waals surface area contributed by atoms with Crippen molar-refractivity contribution >= 4 is 27.5 Å². The van der Waals surface area contributed by atoms with Crippen LogP contribution < -0.4 is 6.15 Å². The molecule has 0 aliphatic heterocycles. The molecular weight excluding hydrogens is 203 g/mol. The quantitative estimate of drug-likeness (QED) is 0.714. The van der Waals surface area contributed by atoms with Gasteiger partial charge in [-0.05, 0) is 22.0 Å². The van der Waals surface area contributed by atoms with Crippen molar-refractivity contribution in [1.29, 1.82) is 0 Å². The molecule has 0 saturated carbocycles. The predicted molar refractivity (Wildman–Crippen MR) is 42.0 cm³/mol. The maximum Gasteiger partial charge on any atom is 0.0600 e. The highest BCUT2D eigenvalue weighted by atomic mass is 79.9. The zero-order valence-electron chi connectivity index (χ0n) is 4.64. The molecule has 0 saturated heterocycles. The number of halogens is 2. The Labute approximate surface area is 67.0 Å². The van der Waals surface area contributed by atoms with Crippen molar-refractivity contribution in [2.45, 2.75) is 0 Å². The van der Waals surface area contributed by atoms with Gasteiger partial charge in [0, 0.05) is 16.9 Å². The Morgan fingerprint density at radius 2 is 2.11 bits per heavy atom. The highest BCUT2D eigenvalue weighted by molar-refractivity contribution is 9.10. The maximum atomic E-state index is 5.55. The molecular formula is C5H6BrClN2. The fraction of sp³-hybridized carbons (Fsp3) is 0. The Morgan fingerprint density at radius 3 is 2.44 bits per heavy atom. The maximum absolute atomic E-state index is 5.55. The lowest BCUT2D eigenvalue weighted by atomic mass is 10.5. The molecule has 0 unspecified atom stereocenters. The summed E-state index contributed by atoms with van der Waals surface area (Å²) in [5, 5.41) is 0.652. The lowest BCUT2D eigenvalue weighted by Gasteiger charge is -1.86. The Morgan fingerprint density at radius 1 is 1.44 bits per heavy atom. The van der Waals surface area contributed by atoms with E-state index >= 15 is 0 Å². The molecule has 0 aliphatic rings. The van der Waals surface area contributed by atoms with Crippen LogP contribution in [0.5, 0.6) is 0 Å². The number of aromatic nitrogens is 1. The van der Waals surface area contributed by atoms with E-state index in [0.29, 0.717) is 5.02 Å². The van der Waals surface area contributed by atoms with E-state index < -0.39 is 0 Å². The van der Waals surface area contributed by atoms with Crippen molar-refractivity contribution in [2.24, 2.45) is 0 Å². The summed E-state index contributed by atoms with van der Waals surface area (Å²) in [6.45, 7) is 0. The van der Waals surface area contributed by atoms with Crippen LogP contribution >= 0.6 is 27.5 Å². The number of nitrogens with zero attached hydrogens (tertiary/aromatic N) is 1. The zero-order valence-corrected chi connectivity index (χ0v) is 6.98. The van der Waals surface area contributed by atoms with Crippen LogP contribution in [0, 0.1) is 0 Å². The summed E-state index contributed by atoms with van der Waals surface area (Å²) < 4.78 is 0.907. The Hall–Kier alpha value is -0.120. The number of rotatable bonds is 0. The van der Waals surface area contributed by atoms with Gasteiger partial charge in [-0.15, -0.1) is 0 Å². The van der Waals surface area contributed by atoms with Gasteiger partial charge < -0.3 is 6.15 Å². The second-order valence-electron chi connectivity index (χ2n) is 1.32. The van der Waals surface area contributed by atoms with Crippen molar-refractivity contribution < 1.29 is 0 Å². The molecule has 1 heterocycles. The molecule has 4 heteroatoms. The Bertz CT molecular complexity index is 175. The molecule has 0 bridgehead atoms. The minimum Gasteiger partial charge on any atom is -0.344 e. The van der Waals surface area contributed by atoms with Crippen molar-refractivity contribution in [2.75, 3.05) is 0 Å². The summed E-state index contributed by atoms with van der Waals surface area (Å²) in [6, 6.07) is 1.79. The SMILES string of the molecule is Clc1cncc(Br)c1.N. The molecule has 2 nitrogen and oxygen atoms in total. The summed E-state index contributed by atoms with van der Waals surface area (Å²) in [6.07, 6.45) is 3.28. The minimum atomic E-state index is 0. The monoisotopic (exact) mass is 208 g/mol. The third-order valence-corrected chi connectivity index (χ3v) is 1.31. The van der Waals surface area contributed by atoms with E-state index in [9.17, 15) is 0 Å². The van der Waals surface area contributed by atoms with Gasteiger partial charge in [0.1, 0.15) is 0 Å². The second-order valence-corrected chi connectivity index (χ2v) is 2.67.